The molecule has 0 aliphatic rings. The summed E-state index contributed by atoms with van der Waals surface area (Å²) >= 11 is 16.7. The van der Waals surface area contributed by atoms with E-state index in [4.69, 9.17) is 35.4 Å². The number of halogens is 2. The minimum Gasteiger partial charge on any atom is -0.348 e. The maximum atomic E-state index is 12.5. The van der Waals surface area contributed by atoms with Gasteiger partial charge in [0.2, 0.25) is 0 Å². The van der Waals surface area contributed by atoms with Gasteiger partial charge in [0.05, 0.1) is 16.6 Å². The van der Waals surface area contributed by atoms with Gasteiger partial charge in [-0.15, -0.1) is 11.6 Å². The second-order valence-corrected chi connectivity index (χ2v) is 5.26. The first-order valence-electron chi connectivity index (χ1n) is 5.87. The second-order valence-electron chi connectivity index (χ2n) is 4.07. The molecule has 20 heavy (non-hydrogen) atoms. The van der Waals surface area contributed by atoms with Crippen molar-refractivity contribution in [2.24, 2.45) is 0 Å². The van der Waals surface area contributed by atoms with Gasteiger partial charge < -0.3 is 5.32 Å². The van der Waals surface area contributed by atoms with E-state index in [1.165, 1.54) is 0 Å². The molecule has 1 N–H and O–H groups in total. The van der Waals surface area contributed by atoms with Gasteiger partial charge in [0.15, 0.2) is 5.78 Å². The molecule has 0 bridgehead atoms. The molecule has 0 fully saturated rings. The molecule has 2 rings (SSSR count). The standard InChI is InChI=1S/C15H11Cl2NOS/c16-9-14(20)18-13-7-6-11(17)8-12(13)15(19)10-4-2-1-3-5-10/h1-8H,9H2,(H,18,20). The van der Waals surface area contributed by atoms with Crippen molar-refractivity contribution in [2.75, 3.05) is 11.2 Å². The molecule has 0 aromatic heterocycles. The Hall–Kier alpha value is -1.42. The van der Waals surface area contributed by atoms with Crippen molar-refractivity contribution in [1.82, 2.24) is 0 Å². The highest BCUT2D eigenvalue weighted by Gasteiger charge is 2.14. The Morgan fingerprint density at radius 1 is 1.15 bits per heavy atom. The average molecular weight is 324 g/mol. The molecular formula is C15H11Cl2NOS. The van der Waals surface area contributed by atoms with Gasteiger partial charge in [-0.3, -0.25) is 4.79 Å². The van der Waals surface area contributed by atoms with Gasteiger partial charge in [0, 0.05) is 16.1 Å². The largest absolute Gasteiger partial charge is 0.348 e. The molecule has 2 aromatic carbocycles. The molecule has 0 heterocycles. The summed E-state index contributed by atoms with van der Waals surface area (Å²) in [5.41, 5.74) is 1.67. The molecule has 0 unspecified atom stereocenters. The van der Waals surface area contributed by atoms with E-state index in [0.717, 1.165) is 0 Å². The lowest BCUT2D eigenvalue weighted by molar-refractivity contribution is 0.103. The quantitative estimate of drug-likeness (QED) is 0.508. The van der Waals surface area contributed by atoms with Crippen LogP contribution in [-0.4, -0.2) is 16.7 Å². The fourth-order valence-electron chi connectivity index (χ4n) is 1.74. The highest BCUT2D eigenvalue weighted by atomic mass is 35.5. The number of thiocarbonyl (C=S) groups is 1. The first-order chi connectivity index (χ1) is 9.61. The number of hydrogen-bond donors (Lipinski definition) is 1. The zero-order valence-electron chi connectivity index (χ0n) is 10.4. The van der Waals surface area contributed by atoms with Crippen LogP contribution in [0.2, 0.25) is 5.02 Å². The van der Waals surface area contributed by atoms with E-state index in [-0.39, 0.29) is 11.7 Å². The van der Waals surface area contributed by atoms with Crippen LogP contribution in [0.25, 0.3) is 0 Å². The molecule has 0 spiro atoms. The van der Waals surface area contributed by atoms with Crippen LogP contribution < -0.4 is 5.32 Å². The molecule has 2 nitrogen and oxygen atoms in total. The van der Waals surface area contributed by atoms with Crippen molar-refractivity contribution >= 4 is 51.9 Å². The minimum absolute atomic E-state index is 0.118. The Morgan fingerprint density at radius 3 is 2.50 bits per heavy atom. The summed E-state index contributed by atoms with van der Waals surface area (Å²) in [6.45, 7) is 0. The van der Waals surface area contributed by atoms with E-state index in [0.29, 0.717) is 26.8 Å². The predicted molar refractivity (Wildman–Crippen MR) is 88.3 cm³/mol. The normalized spacial score (nSPS) is 10.1. The van der Waals surface area contributed by atoms with Crippen LogP contribution in [0.15, 0.2) is 48.5 Å². The van der Waals surface area contributed by atoms with Gasteiger partial charge in [0.25, 0.3) is 0 Å². The Morgan fingerprint density at radius 2 is 1.85 bits per heavy atom. The first-order valence-corrected chi connectivity index (χ1v) is 7.19. The van der Waals surface area contributed by atoms with Gasteiger partial charge in [0.1, 0.15) is 0 Å². The summed E-state index contributed by atoms with van der Waals surface area (Å²) in [6, 6.07) is 14.0. The number of nitrogens with one attached hydrogen (secondary N) is 1. The molecule has 0 radical (unpaired) electrons. The van der Waals surface area contributed by atoms with E-state index in [2.05, 4.69) is 5.32 Å². The summed E-state index contributed by atoms with van der Waals surface area (Å²) < 4.78 is 0. The summed E-state index contributed by atoms with van der Waals surface area (Å²) in [5.74, 6) is 0.0738. The molecule has 0 aliphatic heterocycles. The maximum Gasteiger partial charge on any atom is 0.195 e. The highest BCUT2D eigenvalue weighted by Crippen LogP contribution is 2.24. The number of ketones is 1. The molecule has 5 heteroatoms. The number of carbonyl (C=O) groups excluding carboxylic acids is 1. The lowest BCUT2D eigenvalue weighted by atomic mass is 10.0. The second kappa shape index (κ2) is 6.84. The van der Waals surface area contributed by atoms with Gasteiger partial charge in [-0.2, -0.15) is 0 Å². The molecule has 0 aliphatic carbocycles. The van der Waals surface area contributed by atoms with Gasteiger partial charge in [-0.05, 0) is 18.2 Å². The Kier molecular flexibility index (Phi) is 5.12. The zero-order valence-corrected chi connectivity index (χ0v) is 12.7. The van der Waals surface area contributed by atoms with Crippen LogP contribution in [-0.2, 0) is 0 Å². The highest BCUT2D eigenvalue weighted by molar-refractivity contribution is 7.80. The van der Waals surface area contributed by atoms with Crippen molar-refractivity contribution in [1.29, 1.82) is 0 Å². The van der Waals surface area contributed by atoms with E-state index in [1.54, 1.807) is 30.3 Å². The Balaban J connectivity index is 2.41. The van der Waals surface area contributed by atoms with Crippen LogP contribution >= 0.6 is 35.4 Å². The molecular weight excluding hydrogens is 313 g/mol. The minimum atomic E-state index is -0.118. The van der Waals surface area contributed by atoms with Crippen LogP contribution in [0.5, 0.6) is 0 Å². The topological polar surface area (TPSA) is 29.1 Å². The summed E-state index contributed by atoms with van der Waals surface area (Å²) in [6.07, 6.45) is 0. The fourth-order valence-corrected chi connectivity index (χ4v) is 2.09. The molecule has 0 saturated carbocycles. The lowest BCUT2D eigenvalue weighted by Gasteiger charge is -2.11. The Bertz CT molecular complexity index is 644. The van der Waals surface area contributed by atoms with Gasteiger partial charge in [-0.25, -0.2) is 0 Å². The van der Waals surface area contributed by atoms with Crippen LogP contribution in [0.4, 0.5) is 5.69 Å². The summed E-state index contributed by atoms with van der Waals surface area (Å²) in [4.78, 5) is 13.0. The smallest absolute Gasteiger partial charge is 0.195 e. The van der Waals surface area contributed by atoms with Gasteiger partial charge in [-0.1, -0.05) is 54.2 Å². The van der Waals surface area contributed by atoms with Crippen molar-refractivity contribution < 1.29 is 4.79 Å². The van der Waals surface area contributed by atoms with E-state index in [9.17, 15) is 4.79 Å². The van der Waals surface area contributed by atoms with Crippen LogP contribution in [0.3, 0.4) is 0 Å². The Labute approximate surface area is 132 Å². The molecule has 0 saturated heterocycles. The fraction of sp³-hybridized carbons (Fsp3) is 0.0667. The van der Waals surface area contributed by atoms with Crippen LogP contribution in [0.1, 0.15) is 15.9 Å². The summed E-state index contributed by atoms with van der Waals surface area (Å²) in [7, 11) is 0. The molecule has 2 aromatic rings. The average Bonchev–Trinajstić information content (AvgIpc) is 2.49. The lowest BCUT2D eigenvalue weighted by Crippen LogP contribution is -2.14. The third-order valence-electron chi connectivity index (χ3n) is 2.66. The maximum absolute atomic E-state index is 12.5. The van der Waals surface area contributed by atoms with Gasteiger partial charge >= 0.3 is 0 Å². The van der Waals surface area contributed by atoms with E-state index >= 15 is 0 Å². The van der Waals surface area contributed by atoms with Crippen molar-refractivity contribution in [3.05, 3.63) is 64.7 Å². The number of benzene rings is 2. The summed E-state index contributed by atoms with van der Waals surface area (Å²) in [5, 5.41) is 3.45. The predicted octanol–water partition coefficient (Wildman–Crippen LogP) is 4.55. The van der Waals surface area contributed by atoms with Crippen molar-refractivity contribution in [3.8, 4) is 0 Å². The number of hydrogen-bond acceptors (Lipinski definition) is 2. The monoisotopic (exact) mass is 323 g/mol. The van der Waals surface area contributed by atoms with E-state index in [1.807, 2.05) is 18.2 Å². The molecule has 0 atom stereocenters. The number of carbonyl (C=O) groups is 1. The first kappa shape index (κ1) is 15.0. The molecule has 102 valence electrons. The molecule has 0 amide bonds. The van der Waals surface area contributed by atoms with E-state index < -0.39 is 0 Å². The van der Waals surface area contributed by atoms with Crippen molar-refractivity contribution in [2.45, 2.75) is 0 Å². The third kappa shape index (κ3) is 3.57. The third-order valence-corrected chi connectivity index (χ3v) is 3.56. The number of alkyl halides is 1. The SMILES string of the molecule is O=C(c1ccccc1)c1cc(Cl)ccc1NC(=S)CCl. The zero-order chi connectivity index (χ0) is 14.5. The number of rotatable bonds is 4. The van der Waals surface area contributed by atoms with Crippen LogP contribution in [0, 0.1) is 0 Å². The number of anilines is 1. The van der Waals surface area contributed by atoms with Crippen molar-refractivity contribution in [3.63, 3.8) is 0 Å².